The van der Waals surface area contributed by atoms with Gasteiger partial charge in [-0.3, -0.25) is 0 Å². The van der Waals surface area contributed by atoms with Gasteiger partial charge in [0.15, 0.2) is 4.98 Å². The molecule has 5 heteroatoms. The van der Waals surface area contributed by atoms with Crippen LogP contribution in [0.1, 0.15) is 0 Å². The molecule has 0 radical (unpaired) electrons. The Morgan fingerprint density at radius 1 is 1.50 bits per heavy atom. The molecule has 0 amide bonds. The molecule has 1 heterocycles. The maximum Gasteiger partial charge on any atom is 0.402 e. The molecule has 0 aliphatic carbocycles. The van der Waals surface area contributed by atoms with Gasteiger partial charge in [-0.05, 0) is 18.2 Å². The van der Waals surface area contributed by atoms with E-state index in [1.54, 1.807) is 25.2 Å². The molecule has 0 atom stereocenters. The molecule has 1 aromatic carbocycles. The molecular weight excluding hydrogens is 202 g/mol. The summed E-state index contributed by atoms with van der Waals surface area (Å²) in [6, 6.07) is 5.01. The molecule has 0 N–H and O–H groups in total. The number of hydrogen-bond acceptors (Lipinski definition) is 2. The largest absolute Gasteiger partial charge is 0.854 e. The lowest BCUT2D eigenvalue weighted by Gasteiger charge is -2.02. The van der Waals surface area contributed by atoms with E-state index in [1.165, 1.54) is 4.57 Å². The third kappa shape index (κ3) is 1.03. The lowest BCUT2D eigenvalue weighted by molar-refractivity contribution is -0.276. The molecule has 0 bridgehead atoms. The molecular formula is C9H6ClN3O. The molecule has 0 spiro atoms. The van der Waals surface area contributed by atoms with E-state index in [-0.39, 0.29) is 11.6 Å². The molecule has 4 nitrogen and oxygen atoms in total. The van der Waals surface area contributed by atoms with Crippen LogP contribution >= 0.6 is 11.6 Å². The quantitative estimate of drug-likeness (QED) is 0.623. The van der Waals surface area contributed by atoms with Crippen molar-refractivity contribution in [3.63, 3.8) is 0 Å². The van der Waals surface area contributed by atoms with Gasteiger partial charge in [0.25, 0.3) is 0 Å². The lowest BCUT2D eigenvalue weighted by atomic mass is 10.2. The Balaban J connectivity index is 2.98. The van der Waals surface area contributed by atoms with E-state index in [2.05, 4.69) is 4.98 Å². The van der Waals surface area contributed by atoms with Gasteiger partial charge >= 0.3 is 5.69 Å². The van der Waals surface area contributed by atoms with Crippen molar-refractivity contribution in [3.8, 4) is 5.88 Å². The summed E-state index contributed by atoms with van der Waals surface area (Å²) in [5, 5.41) is 21.3. The van der Waals surface area contributed by atoms with Crippen LogP contribution in [0.2, 0.25) is 5.02 Å². The van der Waals surface area contributed by atoms with Crippen molar-refractivity contribution >= 4 is 28.2 Å². The molecule has 0 unspecified atom stereocenters. The van der Waals surface area contributed by atoms with E-state index in [4.69, 9.17) is 17.0 Å². The standard InChI is InChI=1S/C9H6ClN3O/c1-13-7-3-2-5(10)4-6(7)8(12-11)9(13)14/h2-4H,1H3. The van der Waals surface area contributed by atoms with Crippen molar-refractivity contribution in [1.29, 1.82) is 5.39 Å². The van der Waals surface area contributed by atoms with Gasteiger partial charge in [-0.25, -0.2) is 0 Å². The average Bonchev–Trinajstić information content (AvgIpc) is 2.39. The number of aromatic nitrogens is 1. The number of halogens is 1. The number of aryl methyl sites for hydroxylation is 1. The maximum absolute atomic E-state index is 11.5. The zero-order valence-electron chi connectivity index (χ0n) is 7.36. The molecule has 1 aromatic heterocycles. The lowest BCUT2D eigenvalue weighted by Crippen LogP contribution is -1.97. The first-order valence-electron chi connectivity index (χ1n) is 3.95. The highest BCUT2D eigenvalue weighted by atomic mass is 35.5. The Labute approximate surface area is 85.0 Å². The third-order valence-corrected chi connectivity index (χ3v) is 2.42. The minimum atomic E-state index is -0.329. The maximum atomic E-state index is 11.5. The summed E-state index contributed by atoms with van der Waals surface area (Å²) in [6.45, 7) is 0. The highest BCUT2D eigenvalue weighted by Crippen LogP contribution is 2.37. The first kappa shape index (κ1) is 8.85. The molecule has 0 fully saturated rings. The van der Waals surface area contributed by atoms with E-state index in [1.807, 2.05) is 0 Å². The van der Waals surface area contributed by atoms with Gasteiger partial charge in [0.05, 0.1) is 16.8 Å². The predicted octanol–water partition coefficient (Wildman–Crippen LogP) is 2.39. The Morgan fingerprint density at radius 3 is 2.86 bits per heavy atom. The second-order valence-corrected chi connectivity index (χ2v) is 3.41. The summed E-state index contributed by atoms with van der Waals surface area (Å²) in [4.78, 5) is 2.97. The third-order valence-electron chi connectivity index (χ3n) is 2.18. The Hall–Kier alpha value is -1.73. The van der Waals surface area contributed by atoms with Gasteiger partial charge in [0.1, 0.15) is 0 Å². The fourth-order valence-electron chi connectivity index (χ4n) is 1.47. The predicted molar refractivity (Wildman–Crippen MR) is 52.1 cm³/mol. The number of diazo groups is 1. The van der Waals surface area contributed by atoms with Crippen molar-refractivity contribution in [2.75, 3.05) is 0 Å². The smallest absolute Gasteiger partial charge is 0.402 e. The van der Waals surface area contributed by atoms with Crippen LogP contribution in [0.15, 0.2) is 18.2 Å². The van der Waals surface area contributed by atoms with Crippen LogP contribution in [0.4, 0.5) is 5.69 Å². The van der Waals surface area contributed by atoms with Crippen LogP contribution in [0, 0.1) is 5.39 Å². The second kappa shape index (κ2) is 2.89. The summed E-state index contributed by atoms with van der Waals surface area (Å²) in [5.41, 5.74) is 0.734. The number of fused-ring (bicyclic) bond motifs is 1. The zero-order valence-corrected chi connectivity index (χ0v) is 8.12. The minimum absolute atomic E-state index is 0.0324. The molecule has 2 rings (SSSR count). The Morgan fingerprint density at radius 2 is 2.21 bits per heavy atom. The number of hydrogen-bond donors (Lipinski definition) is 0. The summed E-state index contributed by atoms with van der Waals surface area (Å²) in [7, 11) is 1.62. The molecule has 0 saturated carbocycles. The van der Waals surface area contributed by atoms with Crippen molar-refractivity contribution in [3.05, 3.63) is 28.2 Å². The number of nitrogens with zero attached hydrogens (tertiary/aromatic N) is 3. The van der Waals surface area contributed by atoms with E-state index in [0.29, 0.717) is 15.9 Å². The molecule has 0 aliphatic heterocycles. The van der Waals surface area contributed by atoms with Crippen LogP contribution in [-0.4, -0.2) is 4.57 Å². The summed E-state index contributed by atoms with van der Waals surface area (Å²) >= 11 is 5.77. The van der Waals surface area contributed by atoms with Crippen LogP contribution in [0.3, 0.4) is 0 Å². The van der Waals surface area contributed by atoms with E-state index in [9.17, 15) is 5.11 Å². The molecule has 0 saturated heterocycles. The number of rotatable bonds is 0. The normalized spacial score (nSPS) is 10.4. The first-order valence-corrected chi connectivity index (χ1v) is 4.33. The van der Waals surface area contributed by atoms with E-state index >= 15 is 0 Å². The molecule has 14 heavy (non-hydrogen) atoms. The van der Waals surface area contributed by atoms with E-state index < -0.39 is 0 Å². The summed E-state index contributed by atoms with van der Waals surface area (Å²) < 4.78 is 1.42. The van der Waals surface area contributed by atoms with Crippen molar-refractivity contribution in [2.45, 2.75) is 0 Å². The Kier molecular flexibility index (Phi) is 1.83. The van der Waals surface area contributed by atoms with Gasteiger partial charge in [-0.15, -0.1) is 0 Å². The van der Waals surface area contributed by atoms with E-state index in [0.717, 1.165) is 0 Å². The first-order chi connectivity index (χ1) is 6.65. The Bertz CT molecular complexity index is 553. The molecule has 0 aliphatic rings. The van der Waals surface area contributed by atoms with Gasteiger partial charge in [0.2, 0.25) is 5.39 Å². The van der Waals surface area contributed by atoms with Crippen LogP contribution in [-0.2, 0) is 7.05 Å². The van der Waals surface area contributed by atoms with Crippen molar-refractivity contribution in [2.24, 2.45) is 7.05 Å². The monoisotopic (exact) mass is 207 g/mol. The summed E-state index contributed by atoms with van der Waals surface area (Å²) in [5.74, 6) is -0.329. The highest BCUT2D eigenvalue weighted by Gasteiger charge is 2.18. The van der Waals surface area contributed by atoms with Gasteiger partial charge in [0, 0.05) is 12.1 Å². The topological polar surface area (TPSA) is 56.1 Å². The fourth-order valence-corrected chi connectivity index (χ4v) is 1.64. The second-order valence-electron chi connectivity index (χ2n) is 2.97. The van der Waals surface area contributed by atoms with Crippen LogP contribution < -0.4 is 5.11 Å². The highest BCUT2D eigenvalue weighted by molar-refractivity contribution is 6.31. The molecule has 70 valence electrons. The zero-order chi connectivity index (χ0) is 10.3. The van der Waals surface area contributed by atoms with Crippen LogP contribution in [0.5, 0.6) is 5.88 Å². The summed E-state index contributed by atoms with van der Waals surface area (Å²) in [6.07, 6.45) is 0. The average molecular weight is 208 g/mol. The molecule has 2 aromatic rings. The number of benzene rings is 1. The van der Waals surface area contributed by atoms with Gasteiger partial charge in [-0.1, -0.05) is 11.6 Å². The van der Waals surface area contributed by atoms with Gasteiger partial charge < -0.3 is 9.67 Å². The van der Waals surface area contributed by atoms with Crippen molar-refractivity contribution < 1.29 is 5.11 Å². The minimum Gasteiger partial charge on any atom is -0.854 e. The van der Waals surface area contributed by atoms with Crippen molar-refractivity contribution in [1.82, 2.24) is 4.57 Å². The van der Waals surface area contributed by atoms with Crippen LogP contribution in [0.25, 0.3) is 15.9 Å². The van der Waals surface area contributed by atoms with Gasteiger partial charge in [-0.2, -0.15) is 0 Å². The fraction of sp³-hybridized carbons (Fsp3) is 0.111. The SMILES string of the molecule is Cn1c([O-])c([N+]#N)c2cc(Cl)ccc21.